The molecule has 2 atom stereocenters. The van der Waals surface area contributed by atoms with Crippen LogP contribution < -0.4 is 5.32 Å². The number of carbonyl (C=O) groups excluding carboxylic acids is 2. The number of benzene rings is 2. The molecule has 5 heteroatoms. The number of carbonyl (C=O) groups is 2. The molecule has 1 saturated carbocycles. The zero-order valence-electron chi connectivity index (χ0n) is 17.4. The standard InChI is InChI=1S/C25H25NO3S/c1-4-16-10-12-18(13-11-16)21-15(2)30-24(22(21)25(28)29-3)26-23(27)20-14-19(20)17-8-6-5-7-9-17/h5-13,19-20H,4,14H2,1-3H3,(H,26,27)/t19-,20+/m0/s1. The fourth-order valence-corrected chi connectivity index (χ4v) is 5.01. The first-order chi connectivity index (χ1) is 14.5. The first-order valence-corrected chi connectivity index (χ1v) is 11.0. The second-order valence-corrected chi connectivity index (χ2v) is 8.85. The molecule has 1 aromatic heterocycles. The molecule has 2 aromatic carbocycles. The van der Waals surface area contributed by atoms with E-state index in [0.29, 0.717) is 10.6 Å². The number of hydrogen-bond acceptors (Lipinski definition) is 4. The average molecular weight is 420 g/mol. The van der Waals surface area contributed by atoms with Crippen LogP contribution in [0.1, 0.15) is 45.6 Å². The maximum atomic E-state index is 12.9. The molecule has 154 valence electrons. The maximum absolute atomic E-state index is 12.9. The predicted molar refractivity (Wildman–Crippen MR) is 121 cm³/mol. The van der Waals surface area contributed by atoms with Crippen LogP contribution in [-0.4, -0.2) is 19.0 Å². The molecule has 1 aliphatic rings. The molecule has 0 spiro atoms. The third kappa shape index (κ3) is 3.90. The molecule has 1 aliphatic carbocycles. The molecule has 1 heterocycles. The van der Waals surface area contributed by atoms with Crippen LogP contribution >= 0.6 is 11.3 Å². The molecule has 0 bridgehead atoms. The van der Waals surface area contributed by atoms with Crippen molar-refractivity contribution in [3.05, 3.63) is 76.2 Å². The van der Waals surface area contributed by atoms with Crippen LogP contribution in [0.5, 0.6) is 0 Å². The van der Waals surface area contributed by atoms with Crippen LogP contribution in [-0.2, 0) is 16.0 Å². The van der Waals surface area contributed by atoms with E-state index in [9.17, 15) is 9.59 Å². The maximum Gasteiger partial charge on any atom is 0.341 e. The van der Waals surface area contributed by atoms with Crippen LogP contribution in [0.15, 0.2) is 54.6 Å². The van der Waals surface area contributed by atoms with Crippen LogP contribution in [0.2, 0.25) is 0 Å². The molecule has 1 fully saturated rings. The second kappa shape index (κ2) is 8.44. The van der Waals surface area contributed by atoms with Crippen LogP contribution in [0, 0.1) is 12.8 Å². The van der Waals surface area contributed by atoms with Gasteiger partial charge in [-0.2, -0.15) is 0 Å². The SMILES string of the molecule is CCc1ccc(-c2c(C)sc(NC(=O)[C@@H]3C[C@H]3c3ccccc3)c2C(=O)OC)cc1. The molecular formula is C25H25NO3S. The number of amides is 1. The van der Waals surface area contributed by atoms with Crippen LogP contribution in [0.25, 0.3) is 11.1 Å². The van der Waals surface area contributed by atoms with Gasteiger partial charge in [-0.05, 0) is 42.4 Å². The Balaban J connectivity index is 1.62. The highest BCUT2D eigenvalue weighted by atomic mass is 32.1. The van der Waals surface area contributed by atoms with Crippen molar-refractivity contribution in [2.75, 3.05) is 12.4 Å². The fraction of sp³-hybridized carbons (Fsp3) is 0.280. The molecule has 3 aromatic rings. The summed E-state index contributed by atoms with van der Waals surface area (Å²) >= 11 is 1.43. The summed E-state index contributed by atoms with van der Waals surface area (Å²) in [6, 6.07) is 18.3. The Morgan fingerprint density at radius 1 is 1.10 bits per heavy atom. The first kappa shape index (κ1) is 20.4. The lowest BCUT2D eigenvalue weighted by atomic mass is 9.99. The van der Waals surface area contributed by atoms with E-state index in [-0.39, 0.29) is 17.7 Å². The second-order valence-electron chi connectivity index (χ2n) is 7.63. The summed E-state index contributed by atoms with van der Waals surface area (Å²) in [6.45, 7) is 4.08. The highest BCUT2D eigenvalue weighted by Crippen LogP contribution is 2.49. The van der Waals surface area contributed by atoms with E-state index in [1.807, 2.05) is 37.3 Å². The Bertz CT molecular complexity index is 1070. The number of ether oxygens (including phenoxy) is 1. The Morgan fingerprint density at radius 2 is 1.80 bits per heavy atom. The van der Waals surface area contributed by atoms with Crippen molar-refractivity contribution < 1.29 is 14.3 Å². The number of thiophene rings is 1. The lowest BCUT2D eigenvalue weighted by molar-refractivity contribution is -0.117. The van der Waals surface area contributed by atoms with Crippen molar-refractivity contribution in [2.24, 2.45) is 5.92 Å². The smallest absolute Gasteiger partial charge is 0.341 e. The Labute approximate surface area is 180 Å². The van der Waals surface area contributed by atoms with E-state index in [1.165, 1.54) is 29.6 Å². The van der Waals surface area contributed by atoms with Gasteiger partial charge in [0.15, 0.2) is 0 Å². The predicted octanol–water partition coefficient (Wildman–Crippen LogP) is 5.81. The average Bonchev–Trinajstić information content (AvgIpc) is 3.52. The number of nitrogens with one attached hydrogen (secondary N) is 1. The molecular weight excluding hydrogens is 394 g/mol. The Hall–Kier alpha value is -2.92. The fourth-order valence-electron chi connectivity index (χ4n) is 3.94. The summed E-state index contributed by atoms with van der Waals surface area (Å²) in [5.74, 6) is -0.287. The van der Waals surface area contributed by atoms with E-state index in [2.05, 4.69) is 36.5 Å². The number of methoxy groups -OCH3 is 1. The third-order valence-corrected chi connectivity index (χ3v) is 6.74. The highest BCUT2D eigenvalue weighted by Gasteiger charge is 2.44. The van der Waals surface area contributed by atoms with E-state index < -0.39 is 5.97 Å². The van der Waals surface area contributed by atoms with Gasteiger partial charge in [0.25, 0.3) is 0 Å². The van der Waals surface area contributed by atoms with E-state index >= 15 is 0 Å². The van der Waals surface area contributed by atoms with Crippen molar-refractivity contribution >= 4 is 28.2 Å². The van der Waals surface area contributed by atoms with Gasteiger partial charge in [-0.3, -0.25) is 4.79 Å². The first-order valence-electron chi connectivity index (χ1n) is 10.2. The molecule has 4 rings (SSSR count). The minimum Gasteiger partial charge on any atom is -0.465 e. The zero-order chi connectivity index (χ0) is 21.3. The topological polar surface area (TPSA) is 55.4 Å². The van der Waals surface area contributed by atoms with E-state index in [0.717, 1.165) is 28.8 Å². The molecule has 0 aliphatic heterocycles. The van der Waals surface area contributed by atoms with Crippen molar-refractivity contribution in [1.82, 2.24) is 0 Å². The van der Waals surface area contributed by atoms with Crippen molar-refractivity contribution in [3.63, 3.8) is 0 Å². The zero-order valence-corrected chi connectivity index (χ0v) is 18.2. The summed E-state index contributed by atoms with van der Waals surface area (Å²) in [6.07, 6.45) is 1.79. The van der Waals surface area contributed by atoms with Crippen molar-refractivity contribution in [3.8, 4) is 11.1 Å². The Morgan fingerprint density at radius 3 is 2.43 bits per heavy atom. The molecule has 1 amide bonds. The van der Waals surface area contributed by atoms with Gasteiger partial charge in [-0.15, -0.1) is 11.3 Å². The normalized spacial score (nSPS) is 17.4. The van der Waals surface area contributed by atoms with Crippen molar-refractivity contribution in [1.29, 1.82) is 0 Å². The molecule has 1 N–H and O–H groups in total. The lowest BCUT2D eigenvalue weighted by Crippen LogP contribution is -2.16. The van der Waals surface area contributed by atoms with Gasteiger partial charge >= 0.3 is 5.97 Å². The van der Waals surface area contributed by atoms with E-state index in [1.54, 1.807) is 0 Å². The monoisotopic (exact) mass is 419 g/mol. The quantitative estimate of drug-likeness (QED) is 0.513. The Kier molecular flexibility index (Phi) is 5.73. The third-order valence-electron chi connectivity index (χ3n) is 5.72. The van der Waals surface area contributed by atoms with Crippen molar-refractivity contribution in [2.45, 2.75) is 32.6 Å². The minimum absolute atomic E-state index is 0.0388. The molecule has 0 unspecified atom stereocenters. The number of rotatable bonds is 6. The lowest BCUT2D eigenvalue weighted by Gasteiger charge is -2.09. The molecule has 4 nitrogen and oxygen atoms in total. The summed E-state index contributed by atoms with van der Waals surface area (Å²) < 4.78 is 5.06. The number of aryl methyl sites for hydroxylation is 2. The molecule has 30 heavy (non-hydrogen) atoms. The van der Waals surface area contributed by atoms with Gasteiger partial charge in [0, 0.05) is 16.4 Å². The summed E-state index contributed by atoms with van der Waals surface area (Å²) in [5.41, 5.74) is 4.65. The highest BCUT2D eigenvalue weighted by molar-refractivity contribution is 7.17. The molecule has 0 radical (unpaired) electrons. The molecule has 0 saturated heterocycles. The van der Waals surface area contributed by atoms with Gasteiger partial charge in [0.2, 0.25) is 5.91 Å². The van der Waals surface area contributed by atoms with Gasteiger partial charge in [0.05, 0.1) is 7.11 Å². The van der Waals surface area contributed by atoms with Gasteiger partial charge < -0.3 is 10.1 Å². The van der Waals surface area contributed by atoms with Gasteiger partial charge in [-0.1, -0.05) is 61.5 Å². The number of hydrogen-bond donors (Lipinski definition) is 1. The van der Waals surface area contributed by atoms with E-state index in [4.69, 9.17) is 4.74 Å². The summed E-state index contributed by atoms with van der Waals surface area (Å²) in [5, 5.41) is 3.59. The summed E-state index contributed by atoms with van der Waals surface area (Å²) in [7, 11) is 1.37. The summed E-state index contributed by atoms with van der Waals surface area (Å²) in [4.78, 5) is 26.5. The largest absolute Gasteiger partial charge is 0.465 e. The van der Waals surface area contributed by atoms with Gasteiger partial charge in [-0.25, -0.2) is 4.79 Å². The number of anilines is 1. The minimum atomic E-state index is -0.431. The van der Waals surface area contributed by atoms with Crippen LogP contribution in [0.3, 0.4) is 0 Å². The van der Waals surface area contributed by atoms with Crippen LogP contribution in [0.4, 0.5) is 5.00 Å². The number of esters is 1. The van der Waals surface area contributed by atoms with Gasteiger partial charge in [0.1, 0.15) is 10.6 Å².